The molecule has 0 spiro atoms. The molecule has 0 radical (unpaired) electrons. The van der Waals surface area contributed by atoms with E-state index in [1.54, 1.807) is 37.5 Å². The van der Waals surface area contributed by atoms with Gasteiger partial charge in [0.2, 0.25) is 5.90 Å². The van der Waals surface area contributed by atoms with Crippen molar-refractivity contribution in [3.63, 3.8) is 0 Å². The zero-order valence-corrected chi connectivity index (χ0v) is 13.5. The fourth-order valence-corrected chi connectivity index (χ4v) is 2.34. The fourth-order valence-electron chi connectivity index (χ4n) is 2.34. The average molecular weight is 319 g/mol. The van der Waals surface area contributed by atoms with Gasteiger partial charge >= 0.3 is 5.97 Å². The van der Waals surface area contributed by atoms with Crippen molar-refractivity contribution in [3.8, 4) is 5.75 Å². The molecule has 0 atom stereocenters. The predicted molar refractivity (Wildman–Crippen MR) is 93.8 cm³/mol. The van der Waals surface area contributed by atoms with E-state index >= 15 is 0 Å². The normalized spacial score (nSPS) is 16.1. The van der Waals surface area contributed by atoms with Crippen molar-refractivity contribution in [3.05, 3.63) is 83.1 Å². The average Bonchev–Trinajstić information content (AvgIpc) is 2.96. The predicted octanol–water partition coefficient (Wildman–Crippen LogP) is 3.99. The molecule has 0 aliphatic carbocycles. The van der Waals surface area contributed by atoms with Crippen molar-refractivity contribution in [2.24, 2.45) is 4.99 Å². The van der Waals surface area contributed by atoms with Gasteiger partial charge in [0.25, 0.3) is 0 Å². The summed E-state index contributed by atoms with van der Waals surface area (Å²) in [6.45, 7) is 1.92. The highest BCUT2D eigenvalue weighted by Crippen LogP contribution is 2.20. The Morgan fingerprint density at radius 2 is 1.79 bits per heavy atom. The summed E-state index contributed by atoms with van der Waals surface area (Å²) in [6.07, 6.45) is 3.72. The van der Waals surface area contributed by atoms with Crippen LogP contribution in [-0.2, 0) is 9.53 Å². The van der Waals surface area contributed by atoms with Crippen LogP contribution in [0.2, 0.25) is 0 Å². The van der Waals surface area contributed by atoms with Crippen LogP contribution in [0.4, 0.5) is 0 Å². The summed E-state index contributed by atoms with van der Waals surface area (Å²) < 4.78 is 10.4. The molecule has 0 N–H and O–H groups in total. The first-order valence-corrected chi connectivity index (χ1v) is 7.56. The highest BCUT2D eigenvalue weighted by atomic mass is 16.6. The van der Waals surface area contributed by atoms with Crippen LogP contribution in [0.5, 0.6) is 5.75 Å². The third-order valence-corrected chi connectivity index (χ3v) is 3.52. The van der Waals surface area contributed by atoms with E-state index < -0.39 is 5.97 Å². The number of cyclic esters (lactones) is 1. The Kier molecular flexibility index (Phi) is 4.57. The molecule has 1 aliphatic rings. The second kappa shape index (κ2) is 6.96. The van der Waals surface area contributed by atoms with Gasteiger partial charge < -0.3 is 9.47 Å². The van der Waals surface area contributed by atoms with Crippen molar-refractivity contribution in [1.29, 1.82) is 0 Å². The summed E-state index contributed by atoms with van der Waals surface area (Å²) in [5.41, 5.74) is 3.02. The maximum absolute atomic E-state index is 12.0. The third kappa shape index (κ3) is 3.60. The smallest absolute Gasteiger partial charge is 0.363 e. The van der Waals surface area contributed by atoms with Crippen molar-refractivity contribution < 1.29 is 14.3 Å². The Morgan fingerprint density at radius 1 is 1.08 bits per heavy atom. The van der Waals surface area contributed by atoms with E-state index in [2.05, 4.69) is 4.99 Å². The molecule has 0 bridgehead atoms. The molecule has 0 amide bonds. The fraction of sp³-hybridized carbons (Fsp3) is 0.100. The minimum atomic E-state index is -0.443. The van der Waals surface area contributed by atoms with E-state index in [0.29, 0.717) is 11.6 Å². The van der Waals surface area contributed by atoms with Gasteiger partial charge in [-0.3, -0.25) is 0 Å². The number of benzene rings is 2. The van der Waals surface area contributed by atoms with Gasteiger partial charge in [-0.15, -0.1) is 0 Å². The van der Waals surface area contributed by atoms with E-state index in [9.17, 15) is 4.79 Å². The number of nitrogens with zero attached hydrogens (tertiary/aromatic N) is 1. The summed E-state index contributed by atoms with van der Waals surface area (Å²) in [4.78, 5) is 16.3. The summed E-state index contributed by atoms with van der Waals surface area (Å²) in [5, 5.41) is 0. The first-order valence-electron chi connectivity index (χ1n) is 7.56. The second-order valence-corrected chi connectivity index (χ2v) is 5.36. The molecule has 4 heteroatoms. The van der Waals surface area contributed by atoms with Gasteiger partial charge in [0.1, 0.15) is 5.75 Å². The largest absolute Gasteiger partial charge is 0.497 e. The van der Waals surface area contributed by atoms with Crippen LogP contribution in [0, 0.1) is 0 Å². The highest BCUT2D eigenvalue weighted by molar-refractivity contribution is 6.11. The number of esters is 1. The van der Waals surface area contributed by atoms with Gasteiger partial charge in [0, 0.05) is 5.56 Å². The number of allylic oxidation sites excluding steroid dienone is 2. The number of carbonyl (C=O) groups excluding carboxylic acids is 1. The standard InChI is InChI=1S/C20H17NO3/c1-14(12-15-6-4-3-5-7-15)13-18-20(22)24-19(21-18)16-8-10-17(23-2)11-9-16/h3-13H,1-2H3/b14-12+,18-13+. The number of hydrogen-bond acceptors (Lipinski definition) is 4. The molecule has 24 heavy (non-hydrogen) atoms. The van der Waals surface area contributed by atoms with Crippen LogP contribution in [0.1, 0.15) is 18.1 Å². The Hall–Kier alpha value is -3.14. The molecular weight excluding hydrogens is 302 g/mol. The zero-order chi connectivity index (χ0) is 16.9. The molecule has 2 aromatic carbocycles. The lowest BCUT2D eigenvalue weighted by Gasteiger charge is -2.01. The number of aliphatic imine (C=N–C) groups is 1. The number of carbonyl (C=O) groups is 1. The topological polar surface area (TPSA) is 47.9 Å². The zero-order valence-electron chi connectivity index (χ0n) is 13.5. The molecule has 1 heterocycles. The molecular formula is C20H17NO3. The molecule has 4 nitrogen and oxygen atoms in total. The molecule has 3 rings (SSSR count). The maximum atomic E-state index is 12.0. The molecule has 0 fully saturated rings. The number of hydrogen-bond donors (Lipinski definition) is 0. The minimum Gasteiger partial charge on any atom is -0.497 e. The minimum absolute atomic E-state index is 0.297. The van der Waals surface area contributed by atoms with E-state index in [-0.39, 0.29) is 0 Å². The number of methoxy groups -OCH3 is 1. The van der Waals surface area contributed by atoms with Crippen molar-refractivity contribution in [2.45, 2.75) is 6.92 Å². The summed E-state index contributed by atoms with van der Waals surface area (Å²) >= 11 is 0. The van der Waals surface area contributed by atoms with Gasteiger partial charge in [-0.05, 0) is 48.4 Å². The first-order chi connectivity index (χ1) is 11.7. The Balaban J connectivity index is 1.84. The van der Waals surface area contributed by atoms with Gasteiger partial charge in [-0.1, -0.05) is 36.4 Å². The lowest BCUT2D eigenvalue weighted by Crippen LogP contribution is -2.05. The van der Waals surface area contributed by atoms with Crippen molar-refractivity contribution in [2.75, 3.05) is 7.11 Å². The van der Waals surface area contributed by atoms with Crippen LogP contribution in [0.25, 0.3) is 6.08 Å². The van der Waals surface area contributed by atoms with E-state index in [1.807, 2.05) is 43.3 Å². The summed E-state index contributed by atoms with van der Waals surface area (Å²) in [6, 6.07) is 17.1. The van der Waals surface area contributed by atoms with Crippen LogP contribution in [0.15, 0.2) is 76.9 Å². The van der Waals surface area contributed by atoms with Gasteiger partial charge in [0.05, 0.1) is 7.11 Å². The van der Waals surface area contributed by atoms with E-state index in [1.165, 1.54) is 0 Å². The Bertz CT molecular complexity index is 831. The molecule has 2 aromatic rings. The molecule has 0 saturated carbocycles. The monoisotopic (exact) mass is 319 g/mol. The van der Waals surface area contributed by atoms with Crippen LogP contribution < -0.4 is 4.74 Å². The summed E-state index contributed by atoms with van der Waals surface area (Å²) in [7, 11) is 1.60. The maximum Gasteiger partial charge on any atom is 0.363 e. The van der Waals surface area contributed by atoms with Gasteiger partial charge in [0.15, 0.2) is 5.70 Å². The van der Waals surface area contributed by atoms with Crippen LogP contribution in [-0.4, -0.2) is 19.0 Å². The molecule has 0 saturated heterocycles. The molecule has 0 aromatic heterocycles. The quantitative estimate of drug-likeness (QED) is 0.632. The van der Waals surface area contributed by atoms with E-state index in [4.69, 9.17) is 9.47 Å². The highest BCUT2D eigenvalue weighted by Gasteiger charge is 2.24. The van der Waals surface area contributed by atoms with Gasteiger partial charge in [-0.25, -0.2) is 9.79 Å². The Labute approximate surface area is 140 Å². The first kappa shape index (κ1) is 15.7. The van der Waals surface area contributed by atoms with Gasteiger partial charge in [-0.2, -0.15) is 0 Å². The van der Waals surface area contributed by atoms with E-state index in [0.717, 1.165) is 22.4 Å². The molecule has 1 aliphatic heterocycles. The molecule has 0 unspecified atom stereocenters. The lowest BCUT2D eigenvalue weighted by atomic mass is 10.1. The number of rotatable bonds is 4. The summed E-state index contributed by atoms with van der Waals surface area (Å²) in [5.74, 6) is 0.601. The second-order valence-electron chi connectivity index (χ2n) is 5.36. The SMILES string of the molecule is COc1ccc(C2=N/C(=C/C(C)=C/c3ccccc3)C(=O)O2)cc1. The van der Waals surface area contributed by atoms with Crippen molar-refractivity contribution in [1.82, 2.24) is 0 Å². The van der Waals surface area contributed by atoms with Crippen LogP contribution >= 0.6 is 0 Å². The lowest BCUT2D eigenvalue weighted by molar-refractivity contribution is -0.130. The number of ether oxygens (including phenoxy) is 2. The molecule has 120 valence electrons. The Morgan fingerprint density at radius 3 is 2.46 bits per heavy atom. The van der Waals surface area contributed by atoms with Crippen LogP contribution in [0.3, 0.4) is 0 Å². The third-order valence-electron chi connectivity index (χ3n) is 3.52. The van der Waals surface area contributed by atoms with Crippen molar-refractivity contribution >= 4 is 17.9 Å².